The van der Waals surface area contributed by atoms with Crippen molar-refractivity contribution in [2.24, 2.45) is 0 Å². The molecule has 0 atom stereocenters. The molecule has 1 N–H and O–H groups in total. The number of carbonyl (C=O) groups is 1. The molecular formula is C13H14ClN3O3. The van der Waals surface area contributed by atoms with E-state index in [1.807, 2.05) is 12.1 Å². The lowest BCUT2D eigenvalue weighted by molar-refractivity contribution is 0.171. The average molecular weight is 296 g/mol. The van der Waals surface area contributed by atoms with Crippen molar-refractivity contribution in [2.45, 2.75) is 12.8 Å². The summed E-state index contributed by atoms with van der Waals surface area (Å²) in [5.41, 5.74) is 0.806. The number of amides is 1. The predicted octanol–water partition coefficient (Wildman–Crippen LogP) is 2.68. The van der Waals surface area contributed by atoms with Gasteiger partial charge in [-0.25, -0.2) is 4.79 Å². The second kappa shape index (κ2) is 6.91. The summed E-state index contributed by atoms with van der Waals surface area (Å²) in [6, 6.07) is 7.24. The first-order chi connectivity index (χ1) is 9.69. The number of nitrogens with zero attached hydrogens (tertiary/aromatic N) is 2. The Morgan fingerprint density at radius 1 is 1.50 bits per heavy atom. The first-order valence-electron chi connectivity index (χ1n) is 6.09. The minimum Gasteiger partial charge on any atom is -0.453 e. The van der Waals surface area contributed by atoms with Crippen LogP contribution in [0.3, 0.4) is 0 Å². The third kappa shape index (κ3) is 3.96. The van der Waals surface area contributed by atoms with Gasteiger partial charge in [-0.15, -0.1) is 0 Å². The summed E-state index contributed by atoms with van der Waals surface area (Å²) in [5.74, 6) is 1.02. The molecule has 0 unspecified atom stereocenters. The van der Waals surface area contributed by atoms with Gasteiger partial charge in [-0.05, 0) is 18.6 Å². The number of ether oxygens (including phenoxy) is 1. The number of carbonyl (C=O) groups excluding carboxylic acids is 1. The van der Waals surface area contributed by atoms with E-state index in [1.54, 1.807) is 12.1 Å². The van der Waals surface area contributed by atoms with E-state index in [2.05, 4.69) is 20.2 Å². The summed E-state index contributed by atoms with van der Waals surface area (Å²) in [6.45, 7) is 0.488. The Labute approximate surface area is 121 Å². The van der Waals surface area contributed by atoms with Crippen LogP contribution in [0.1, 0.15) is 12.3 Å². The van der Waals surface area contributed by atoms with Crippen LogP contribution in [-0.2, 0) is 11.2 Å². The van der Waals surface area contributed by atoms with Gasteiger partial charge in [-0.3, -0.25) is 0 Å². The van der Waals surface area contributed by atoms with Crippen LogP contribution in [-0.4, -0.2) is 29.9 Å². The molecule has 0 aliphatic rings. The van der Waals surface area contributed by atoms with Gasteiger partial charge in [-0.1, -0.05) is 28.9 Å². The summed E-state index contributed by atoms with van der Waals surface area (Å²) in [7, 11) is 1.32. The van der Waals surface area contributed by atoms with E-state index in [0.29, 0.717) is 36.1 Å². The molecule has 20 heavy (non-hydrogen) atoms. The zero-order valence-electron chi connectivity index (χ0n) is 10.9. The molecule has 0 spiro atoms. The molecule has 0 aliphatic carbocycles. The molecule has 1 amide bonds. The first kappa shape index (κ1) is 14.3. The average Bonchev–Trinajstić information content (AvgIpc) is 2.92. The van der Waals surface area contributed by atoms with Crippen molar-refractivity contribution in [1.29, 1.82) is 0 Å². The molecule has 0 bridgehead atoms. The summed E-state index contributed by atoms with van der Waals surface area (Å²) >= 11 is 5.91. The number of methoxy groups -OCH3 is 1. The van der Waals surface area contributed by atoms with E-state index in [0.717, 1.165) is 5.56 Å². The van der Waals surface area contributed by atoms with Crippen molar-refractivity contribution in [3.05, 3.63) is 35.2 Å². The van der Waals surface area contributed by atoms with Crippen LogP contribution in [0.5, 0.6) is 0 Å². The van der Waals surface area contributed by atoms with Crippen LogP contribution >= 0.6 is 11.6 Å². The smallest absolute Gasteiger partial charge is 0.406 e. The summed E-state index contributed by atoms with van der Waals surface area (Å²) < 4.78 is 9.61. The Kier molecular flexibility index (Phi) is 4.95. The molecule has 6 nitrogen and oxygen atoms in total. The zero-order valence-corrected chi connectivity index (χ0v) is 11.7. The Balaban J connectivity index is 1.88. The quantitative estimate of drug-likeness (QED) is 0.858. The van der Waals surface area contributed by atoms with Crippen molar-refractivity contribution in [3.8, 4) is 11.4 Å². The molecule has 0 saturated carbocycles. The number of rotatable bonds is 5. The second-order valence-corrected chi connectivity index (χ2v) is 4.48. The highest BCUT2D eigenvalue weighted by molar-refractivity contribution is 6.30. The van der Waals surface area contributed by atoms with Gasteiger partial charge in [0.1, 0.15) is 0 Å². The fraction of sp³-hybridized carbons (Fsp3) is 0.308. The van der Waals surface area contributed by atoms with Crippen LogP contribution in [0, 0.1) is 0 Å². The van der Waals surface area contributed by atoms with Crippen LogP contribution in [0.25, 0.3) is 11.4 Å². The molecule has 1 heterocycles. The van der Waals surface area contributed by atoms with E-state index in [4.69, 9.17) is 16.1 Å². The Hall–Kier alpha value is -2.08. The standard InChI is InChI=1S/C13H14ClN3O3/c1-19-13(18)15-7-3-6-11-16-12(17-20-11)9-4-2-5-10(14)8-9/h2,4-5,8H,3,6-7H2,1H3,(H,15,18). The van der Waals surface area contributed by atoms with Crippen molar-refractivity contribution in [2.75, 3.05) is 13.7 Å². The number of aromatic nitrogens is 2. The SMILES string of the molecule is COC(=O)NCCCc1nc(-c2cccc(Cl)c2)no1. The normalized spacial score (nSPS) is 10.3. The van der Waals surface area contributed by atoms with Crippen LogP contribution in [0.15, 0.2) is 28.8 Å². The van der Waals surface area contributed by atoms with Gasteiger partial charge in [-0.2, -0.15) is 4.98 Å². The van der Waals surface area contributed by atoms with Gasteiger partial charge in [0.25, 0.3) is 0 Å². The van der Waals surface area contributed by atoms with Gasteiger partial charge in [0.05, 0.1) is 7.11 Å². The lowest BCUT2D eigenvalue weighted by atomic mass is 10.2. The third-order valence-corrected chi connectivity index (χ3v) is 2.81. The number of hydrogen-bond acceptors (Lipinski definition) is 5. The molecule has 0 saturated heterocycles. The van der Waals surface area contributed by atoms with Gasteiger partial charge >= 0.3 is 6.09 Å². The molecule has 0 aliphatic heterocycles. The van der Waals surface area contributed by atoms with Crippen molar-refractivity contribution >= 4 is 17.7 Å². The lowest BCUT2D eigenvalue weighted by Crippen LogP contribution is -2.24. The molecule has 0 radical (unpaired) electrons. The summed E-state index contributed by atoms with van der Waals surface area (Å²) in [6.07, 6.45) is 0.819. The number of halogens is 1. The van der Waals surface area contributed by atoms with Gasteiger partial charge < -0.3 is 14.6 Å². The Morgan fingerprint density at radius 2 is 2.35 bits per heavy atom. The van der Waals surface area contributed by atoms with E-state index >= 15 is 0 Å². The number of alkyl carbamates (subject to hydrolysis) is 1. The molecule has 1 aromatic heterocycles. The van der Waals surface area contributed by atoms with E-state index in [9.17, 15) is 4.79 Å². The number of aryl methyl sites for hydroxylation is 1. The molecule has 2 rings (SSSR count). The minimum absolute atomic E-state index is 0.449. The highest BCUT2D eigenvalue weighted by Gasteiger charge is 2.09. The number of hydrogen-bond donors (Lipinski definition) is 1. The van der Waals surface area contributed by atoms with E-state index in [-0.39, 0.29) is 0 Å². The monoisotopic (exact) mass is 295 g/mol. The maximum atomic E-state index is 10.8. The van der Waals surface area contributed by atoms with Crippen LogP contribution < -0.4 is 5.32 Å². The minimum atomic E-state index is -0.449. The maximum absolute atomic E-state index is 10.8. The fourth-order valence-corrected chi connectivity index (χ4v) is 1.79. The van der Waals surface area contributed by atoms with Crippen molar-refractivity contribution in [1.82, 2.24) is 15.5 Å². The van der Waals surface area contributed by atoms with Crippen molar-refractivity contribution in [3.63, 3.8) is 0 Å². The van der Waals surface area contributed by atoms with Crippen molar-refractivity contribution < 1.29 is 14.1 Å². The Morgan fingerprint density at radius 3 is 3.10 bits per heavy atom. The number of nitrogens with one attached hydrogen (secondary N) is 1. The van der Waals surface area contributed by atoms with Crippen LogP contribution in [0.2, 0.25) is 5.02 Å². The second-order valence-electron chi connectivity index (χ2n) is 4.04. The largest absolute Gasteiger partial charge is 0.453 e. The predicted molar refractivity (Wildman–Crippen MR) is 73.5 cm³/mol. The number of benzene rings is 1. The molecular weight excluding hydrogens is 282 g/mol. The van der Waals surface area contributed by atoms with Crippen LogP contribution in [0.4, 0.5) is 4.79 Å². The van der Waals surface area contributed by atoms with E-state index < -0.39 is 6.09 Å². The molecule has 7 heteroatoms. The first-order valence-corrected chi connectivity index (χ1v) is 6.47. The molecule has 106 valence electrons. The third-order valence-electron chi connectivity index (χ3n) is 2.57. The molecule has 0 fully saturated rings. The highest BCUT2D eigenvalue weighted by Crippen LogP contribution is 2.20. The molecule has 1 aromatic carbocycles. The topological polar surface area (TPSA) is 77.2 Å². The molecule has 2 aromatic rings. The Bertz CT molecular complexity index is 586. The zero-order chi connectivity index (χ0) is 14.4. The van der Waals surface area contributed by atoms with Gasteiger partial charge in [0.2, 0.25) is 11.7 Å². The van der Waals surface area contributed by atoms with E-state index in [1.165, 1.54) is 7.11 Å². The summed E-state index contributed by atoms with van der Waals surface area (Å²) in [4.78, 5) is 15.1. The van der Waals surface area contributed by atoms with Gasteiger partial charge in [0, 0.05) is 23.6 Å². The maximum Gasteiger partial charge on any atom is 0.406 e. The lowest BCUT2D eigenvalue weighted by Gasteiger charge is -2.00. The summed E-state index contributed by atoms with van der Waals surface area (Å²) in [5, 5.41) is 7.10. The fourth-order valence-electron chi connectivity index (χ4n) is 1.60. The highest BCUT2D eigenvalue weighted by atomic mass is 35.5. The van der Waals surface area contributed by atoms with Gasteiger partial charge in [0.15, 0.2) is 0 Å².